The second kappa shape index (κ2) is 11.1. The summed E-state index contributed by atoms with van der Waals surface area (Å²) in [6.45, 7) is 5.05. The van der Waals surface area contributed by atoms with Gasteiger partial charge in [0, 0.05) is 31.1 Å². The monoisotopic (exact) mass is 473 g/mol. The third-order valence-corrected chi connectivity index (χ3v) is 8.46. The van der Waals surface area contributed by atoms with Crippen molar-refractivity contribution < 1.29 is 17.9 Å². The summed E-state index contributed by atoms with van der Waals surface area (Å²) in [5.41, 5.74) is 1.41. The van der Waals surface area contributed by atoms with Crippen LogP contribution in [0.25, 0.3) is 0 Å². The molecule has 0 unspecified atom stereocenters. The van der Waals surface area contributed by atoms with Gasteiger partial charge in [-0.05, 0) is 43.4 Å². The van der Waals surface area contributed by atoms with Gasteiger partial charge in [-0.15, -0.1) is 0 Å². The minimum Gasteiger partial charge on any atom is -0.496 e. The van der Waals surface area contributed by atoms with E-state index in [9.17, 15) is 13.2 Å². The van der Waals surface area contributed by atoms with Crippen molar-refractivity contribution in [1.29, 1.82) is 0 Å². The number of benzene rings is 2. The second-order valence-electron chi connectivity index (χ2n) is 8.51. The summed E-state index contributed by atoms with van der Waals surface area (Å²) >= 11 is 0. The van der Waals surface area contributed by atoms with E-state index in [0.717, 1.165) is 18.4 Å². The zero-order valence-corrected chi connectivity index (χ0v) is 20.5. The highest BCUT2D eigenvalue weighted by Crippen LogP contribution is 2.39. The average molecular weight is 474 g/mol. The number of amides is 1. The van der Waals surface area contributed by atoms with E-state index in [1.54, 1.807) is 19.2 Å². The quantitative estimate of drug-likeness (QED) is 0.553. The Kier molecular flexibility index (Phi) is 8.51. The van der Waals surface area contributed by atoms with Crippen LogP contribution in [0.3, 0.4) is 0 Å². The zero-order valence-electron chi connectivity index (χ0n) is 19.7. The van der Waals surface area contributed by atoms with Gasteiger partial charge in [-0.2, -0.15) is 17.4 Å². The number of hydrogen-bond donors (Lipinski definition) is 2. The van der Waals surface area contributed by atoms with Crippen LogP contribution in [-0.4, -0.2) is 51.4 Å². The lowest BCUT2D eigenvalue weighted by molar-refractivity contribution is 0.0932. The van der Waals surface area contributed by atoms with Gasteiger partial charge >= 0.3 is 0 Å². The summed E-state index contributed by atoms with van der Waals surface area (Å²) in [5, 5.41) is 3.12. The normalized spacial score (nSPS) is 21.0. The standard InChI is InChI=1S/C25H35N3O4S/c1-4-28(5-2)33(30,31)27-21-15-17-25(18-16-21,20-11-7-6-8-12-20)19-26-24(29)22-13-9-10-14-23(22)32-3/h6-14,21,27H,4-5,15-19H2,1-3H3,(H,26,29). The largest absolute Gasteiger partial charge is 0.496 e. The van der Waals surface area contributed by atoms with E-state index in [-0.39, 0.29) is 17.4 Å². The molecule has 8 heteroatoms. The number of ether oxygens (including phenoxy) is 1. The van der Waals surface area contributed by atoms with Gasteiger partial charge in [0.1, 0.15) is 5.75 Å². The molecule has 7 nitrogen and oxygen atoms in total. The molecule has 3 rings (SSSR count). The van der Waals surface area contributed by atoms with E-state index in [1.807, 2.05) is 44.2 Å². The van der Waals surface area contributed by atoms with Crippen LogP contribution in [-0.2, 0) is 15.6 Å². The van der Waals surface area contributed by atoms with Crippen LogP contribution in [0, 0.1) is 0 Å². The maximum atomic E-state index is 12.9. The summed E-state index contributed by atoms with van der Waals surface area (Å²) in [6.07, 6.45) is 2.96. The van der Waals surface area contributed by atoms with Crippen molar-refractivity contribution in [2.24, 2.45) is 0 Å². The summed E-state index contributed by atoms with van der Waals surface area (Å²) in [6, 6.07) is 17.2. The van der Waals surface area contributed by atoms with Gasteiger partial charge in [-0.3, -0.25) is 4.79 Å². The number of carbonyl (C=O) groups excluding carboxylic acids is 1. The fourth-order valence-corrected chi connectivity index (χ4v) is 6.16. The summed E-state index contributed by atoms with van der Waals surface area (Å²) in [4.78, 5) is 12.9. The highest BCUT2D eigenvalue weighted by molar-refractivity contribution is 7.87. The smallest absolute Gasteiger partial charge is 0.279 e. The maximum Gasteiger partial charge on any atom is 0.279 e. The van der Waals surface area contributed by atoms with Gasteiger partial charge < -0.3 is 10.1 Å². The Bertz CT molecular complexity index is 1010. The number of methoxy groups -OCH3 is 1. The van der Waals surface area contributed by atoms with E-state index in [1.165, 1.54) is 4.31 Å². The number of hydrogen-bond acceptors (Lipinski definition) is 4. The third kappa shape index (κ3) is 5.93. The van der Waals surface area contributed by atoms with Crippen LogP contribution >= 0.6 is 0 Å². The molecule has 2 N–H and O–H groups in total. The van der Waals surface area contributed by atoms with Crippen LogP contribution in [0.1, 0.15) is 55.5 Å². The van der Waals surface area contributed by atoms with E-state index in [4.69, 9.17) is 4.74 Å². The van der Waals surface area contributed by atoms with Crippen molar-refractivity contribution in [1.82, 2.24) is 14.3 Å². The molecule has 0 bridgehead atoms. The minimum atomic E-state index is -3.49. The van der Waals surface area contributed by atoms with E-state index < -0.39 is 10.2 Å². The van der Waals surface area contributed by atoms with Gasteiger partial charge in [0.2, 0.25) is 0 Å². The summed E-state index contributed by atoms with van der Waals surface area (Å²) in [5.74, 6) is 0.366. The zero-order chi connectivity index (χ0) is 23.9. The third-order valence-electron chi connectivity index (χ3n) is 6.63. The van der Waals surface area contributed by atoms with E-state index in [2.05, 4.69) is 22.2 Å². The van der Waals surface area contributed by atoms with Gasteiger partial charge in [0.05, 0.1) is 12.7 Å². The first kappa shape index (κ1) is 25.2. The lowest BCUT2D eigenvalue weighted by Gasteiger charge is -2.41. The lowest BCUT2D eigenvalue weighted by Crippen LogP contribution is -2.50. The molecule has 0 aromatic heterocycles. The van der Waals surface area contributed by atoms with Crippen LogP contribution in [0.4, 0.5) is 0 Å². The van der Waals surface area contributed by atoms with E-state index in [0.29, 0.717) is 43.8 Å². The highest BCUT2D eigenvalue weighted by Gasteiger charge is 2.38. The predicted molar refractivity (Wildman–Crippen MR) is 131 cm³/mol. The molecule has 33 heavy (non-hydrogen) atoms. The SMILES string of the molecule is CCN(CC)S(=O)(=O)NC1CCC(CNC(=O)c2ccccc2OC)(c2ccccc2)CC1. The molecular formula is C25H35N3O4S. The number of carbonyl (C=O) groups is 1. The van der Waals surface area contributed by atoms with E-state index >= 15 is 0 Å². The molecule has 180 valence electrons. The lowest BCUT2D eigenvalue weighted by atomic mass is 9.68. The van der Waals surface area contributed by atoms with Gasteiger partial charge in [0.25, 0.3) is 16.1 Å². The van der Waals surface area contributed by atoms with Crippen molar-refractivity contribution in [2.75, 3.05) is 26.7 Å². The summed E-state index contributed by atoms with van der Waals surface area (Å²) in [7, 11) is -1.94. The summed E-state index contributed by atoms with van der Waals surface area (Å²) < 4.78 is 35.0. The molecule has 2 aromatic carbocycles. The fourth-order valence-electron chi connectivity index (χ4n) is 4.67. The first-order valence-electron chi connectivity index (χ1n) is 11.6. The molecule has 1 saturated carbocycles. The Hall–Kier alpha value is -2.42. The van der Waals surface area contributed by atoms with Crippen LogP contribution in [0.15, 0.2) is 54.6 Å². The average Bonchev–Trinajstić information content (AvgIpc) is 2.84. The molecule has 0 spiro atoms. The number of para-hydroxylation sites is 1. The Morgan fingerprint density at radius 2 is 1.64 bits per heavy atom. The van der Waals surface area contributed by atoms with Crippen LogP contribution < -0.4 is 14.8 Å². The van der Waals surface area contributed by atoms with Crippen LogP contribution in [0.2, 0.25) is 0 Å². The Balaban J connectivity index is 1.74. The van der Waals surface area contributed by atoms with Gasteiger partial charge in [-0.1, -0.05) is 56.3 Å². The minimum absolute atomic E-state index is 0.114. The van der Waals surface area contributed by atoms with Crippen molar-refractivity contribution in [3.05, 3.63) is 65.7 Å². The molecule has 0 saturated heterocycles. The predicted octanol–water partition coefficient (Wildman–Crippen LogP) is 3.48. The van der Waals surface area contributed by atoms with Gasteiger partial charge in [-0.25, -0.2) is 0 Å². The van der Waals surface area contributed by atoms with Gasteiger partial charge in [0.15, 0.2) is 0 Å². The molecule has 2 aromatic rings. The molecule has 0 aliphatic heterocycles. The number of nitrogens with one attached hydrogen (secondary N) is 2. The van der Waals surface area contributed by atoms with Crippen molar-refractivity contribution in [2.45, 2.75) is 51.0 Å². The molecule has 1 amide bonds. The Labute approximate surface area is 197 Å². The number of nitrogens with zero attached hydrogens (tertiary/aromatic N) is 1. The maximum absolute atomic E-state index is 12.9. The van der Waals surface area contributed by atoms with Crippen molar-refractivity contribution >= 4 is 16.1 Å². The highest BCUT2D eigenvalue weighted by atomic mass is 32.2. The Morgan fingerprint density at radius 3 is 2.24 bits per heavy atom. The number of rotatable bonds is 10. The second-order valence-corrected chi connectivity index (χ2v) is 10.2. The molecule has 1 aliphatic carbocycles. The molecular weight excluding hydrogens is 438 g/mol. The van der Waals surface area contributed by atoms with Crippen molar-refractivity contribution in [3.8, 4) is 5.75 Å². The first-order chi connectivity index (χ1) is 15.8. The molecule has 1 fully saturated rings. The molecule has 0 heterocycles. The Morgan fingerprint density at radius 1 is 1.03 bits per heavy atom. The molecule has 0 atom stereocenters. The molecule has 1 aliphatic rings. The molecule has 0 radical (unpaired) electrons. The van der Waals surface area contributed by atoms with Crippen LogP contribution in [0.5, 0.6) is 5.75 Å². The van der Waals surface area contributed by atoms with Crippen molar-refractivity contribution in [3.63, 3.8) is 0 Å². The first-order valence-corrected chi connectivity index (χ1v) is 13.0. The fraction of sp³-hybridized carbons (Fsp3) is 0.480. The topological polar surface area (TPSA) is 87.7 Å².